The number of rotatable bonds is 7. The molecule has 17 heavy (non-hydrogen) atoms. The van der Waals surface area contributed by atoms with Crippen LogP contribution in [-0.2, 0) is 16.0 Å². The van der Waals surface area contributed by atoms with E-state index in [1.165, 1.54) is 0 Å². The molecule has 0 aliphatic rings. The van der Waals surface area contributed by atoms with Crippen LogP contribution in [0.2, 0.25) is 0 Å². The van der Waals surface area contributed by atoms with E-state index in [0.717, 1.165) is 12.0 Å². The van der Waals surface area contributed by atoms with Crippen molar-refractivity contribution in [2.45, 2.75) is 19.4 Å². The molecule has 0 bridgehead atoms. The topological polar surface area (TPSA) is 38.3 Å². The second-order valence-electron chi connectivity index (χ2n) is 3.75. The molecular weight excluding hydrogens is 238 g/mol. The van der Waals surface area contributed by atoms with Crippen molar-refractivity contribution in [2.75, 3.05) is 19.1 Å². The predicted octanol–water partition coefficient (Wildman–Crippen LogP) is 1.99. The fraction of sp³-hybridized carbons (Fsp3) is 0.462. The summed E-state index contributed by atoms with van der Waals surface area (Å²) in [5, 5.41) is 2.85. The lowest BCUT2D eigenvalue weighted by atomic mass is 10.1. The van der Waals surface area contributed by atoms with E-state index in [2.05, 4.69) is 5.32 Å². The Morgan fingerprint density at radius 2 is 2.12 bits per heavy atom. The lowest BCUT2D eigenvalue weighted by Gasteiger charge is -2.16. The molecule has 4 heteroatoms. The Labute approximate surface area is 107 Å². The van der Waals surface area contributed by atoms with E-state index in [4.69, 9.17) is 16.3 Å². The Bertz CT molecular complexity index is 329. The molecule has 0 spiro atoms. The Morgan fingerprint density at radius 1 is 1.41 bits per heavy atom. The maximum Gasteiger partial charge on any atom is 0.246 e. The van der Waals surface area contributed by atoms with Gasteiger partial charge in [0, 0.05) is 18.5 Å². The van der Waals surface area contributed by atoms with Gasteiger partial charge >= 0.3 is 0 Å². The molecule has 0 saturated carbocycles. The minimum absolute atomic E-state index is 0.0491. The van der Waals surface area contributed by atoms with Gasteiger partial charge in [-0.25, -0.2) is 0 Å². The highest BCUT2D eigenvalue weighted by Gasteiger charge is 2.11. The van der Waals surface area contributed by atoms with Crippen LogP contribution in [0.4, 0.5) is 0 Å². The summed E-state index contributed by atoms with van der Waals surface area (Å²) in [6, 6.07) is 9.91. The number of nitrogens with one attached hydrogen (secondary N) is 1. The van der Waals surface area contributed by atoms with Gasteiger partial charge in [-0.1, -0.05) is 30.3 Å². The Hall–Kier alpha value is -1.06. The third-order valence-corrected chi connectivity index (χ3v) is 2.69. The van der Waals surface area contributed by atoms with Gasteiger partial charge in [-0.15, -0.1) is 11.6 Å². The van der Waals surface area contributed by atoms with Gasteiger partial charge in [0.2, 0.25) is 5.91 Å². The van der Waals surface area contributed by atoms with Crippen LogP contribution >= 0.6 is 11.6 Å². The quantitative estimate of drug-likeness (QED) is 0.757. The number of ether oxygens (including phenoxy) is 1. The number of carbonyl (C=O) groups is 1. The van der Waals surface area contributed by atoms with Gasteiger partial charge in [0.25, 0.3) is 0 Å². The highest BCUT2D eigenvalue weighted by Crippen LogP contribution is 2.04. The first kappa shape index (κ1) is 14.0. The summed E-state index contributed by atoms with van der Waals surface area (Å²) < 4.78 is 5.04. The van der Waals surface area contributed by atoms with E-state index in [1.807, 2.05) is 37.3 Å². The smallest absolute Gasteiger partial charge is 0.246 e. The molecule has 3 nitrogen and oxygen atoms in total. The van der Waals surface area contributed by atoms with Crippen molar-refractivity contribution in [3.05, 3.63) is 35.9 Å². The number of amides is 1. The van der Waals surface area contributed by atoms with Crippen molar-refractivity contribution in [2.24, 2.45) is 0 Å². The standard InChI is InChI=1S/C13H18ClNO2/c1-2-17-10-13(16)15-12(9-14)8-11-6-4-3-5-7-11/h3-7,12H,2,8-10H2,1H3,(H,15,16). The Morgan fingerprint density at radius 3 is 2.71 bits per heavy atom. The van der Waals surface area contributed by atoms with Gasteiger partial charge < -0.3 is 10.1 Å². The molecule has 0 saturated heterocycles. The Kier molecular flexibility index (Phi) is 6.67. The number of hydrogen-bond acceptors (Lipinski definition) is 2. The van der Waals surface area contributed by atoms with E-state index in [0.29, 0.717) is 12.5 Å². The molecule has 0 heterocycles. The zero-order valence-electron chi connectivity index (χ0n) is 9.99. The molecule has 1 atom stereocenters. The summed E-state index contributed by atoms with van der Waals surface area (Å²) in [4.78, 5) is 11.5. The second kappa shape index (κ2) is 8.09. The van der Waals surface area contributed by atoms with Crippen molar-refractivity contribution < 1.29 is 9.53 Å². The van der Waals surface area contributed by atoms with Gasteiger partial charge in [-0.05, 0) is 18.9 Å². The normalized spacial score (nSPS) is 12.1. The Balaban J connectivity index is 2.41. The van der Waals surface area contributed by atoms with Crippen molar-refractivity contribution in [3.63, 3.8) is 0 Å². The van der Waals surface area contributed by atoms with Gasteiger partial charge in [-0.2, -0.15) is 0 Å². The van der Waals surface area contributed by atoms with E-state index in [1.54, 1.807) is 0 Å². The summed E-state index contributed by atoms with van der Waals surface area (Å²) in [6.07, 6.45) is 0.738. The van der Waals surface area contributed by atoms with Crippen LogP contribution < -0.4 is 5.32 Å². The van der Waals surface area contributed by atoms with E-state index >= 15 is 0 Å². The highest BCUT2D eigenvalue weighted by molar-refractivity contribution is 6.18. The van der Waals surface area contributed by atoms with Crippen LogP contribution in [0.1, 0.15) is 12.5 Å². The van der Waals surface area contributed by atoms with Crippen LogP contribution in [0.15, 0.2) is 30.3 Å². The number of hydrogen-bond donors (Lipinski definition) is 1. The average Bonchev–Trinajstić information content (AvgIpc) is 2.36. The number of carbonyl (C=O) groups excluding carboxylic acids is 1. The van der Waals surface area contributed by atoms with Crippen molar-refractivity contribution in [1.82, 2.24) is 5.32 Å². The zero-order valence-corrected chi connectivity index (χ0v) is 10.7. The minimum Gasteiger partial charge on any atom is -0.372 e. The summed E-state index contributed by atoms with van der Waals surface area (Å²) in [6.45, 7) is 2.49. The van der Waals surface area contributed by atoms with Gasteiger partial charge in [0.15, 0.2) is 0 Å². The van der Waals surface area contributed by atoms with Crippen molar-refractivity contribution in [3.8, 4) is 0 Å². The van der Waals surface area contributed by atoms with E-state index in [9.17, 15) is 4.79 Å². The fourth-order valence-corrected chi connectivity index (χ4v) is 1.69. The van der Waals surface area contributed by atoms with Crippen molar-refractivity contribution in [1.29, 1.82) is 0 Å². The van der Waals surface area contributed by atoms with Gasteiger partial charge in [0.1, 0.15) is 6.61 Å². The number of benzene rings is 1. The summed E-state index contributed by atoms with van der Waals surface area (Å²) in [7, 11) is 0. The van der Waals surface area contributed by atoms with Crippen molar-refractivity contribution >= 4 is 17.5 Å². The molecule has 1 aromatic rings. The molecule has 0 radical (unpaired) electrons. The number of halogens is 1. The number of alkyl halides is 1. The fourth-order valence-electron chi connectivity index (χ4n) is 1.51. The molecule has 1 amide bonds. The first-order valence-electron chi connectivity index (χ1n) is 5.73. The first-order valence-corrected chi connectivity index (χ1v) is 6.26. The van der Waals surface area contributed by atoms with Gasteiger partial charge in [-0.3, -0.25) is 4.79 Å². The van der Waals surface area contributed by atoms with Crippen LogP contribution in [0.5, 0.6) is 0 Å². The molecule has 0 fully saturated rings. The summed E-state index contributed by atoms with van der Waals surface area (Å²) in [5.74, 6) is 0.278. The summed E-state index contributed by atoms with van der Waals surface area (Å²) in [5.41, 5.74) is 1.16. The molecule has 1 aromatic carbocycles. The largest absolute Gasteiger partial charge is 0.372 e. The second-order valence-corrected chi connectivity index (χ2v) is 4.05. The molecule has 94 valence electrons. The zero-order chi connectivity index (χ0) is 12.5. The molecule has 1 N–H and O–H groups in total. The lowest BCUT2D eigenvalue weighted by Crippen LogP contribution is -2.39. The monoisotopic (exact) mass is 255 g/mol. The average molecular weight is 256 g/mol. The molecule has 0 aromatic heterocycles. The maximum absolute atomic E-state index is 11.5. The SMILES string of the molecule is CCOCC(=O)NC(CCl)Cc1ccccc1. The van der Waals surface area contributed by atoms with Gasteiger partial charge in [0.05, 0.1) is 0 Å². The predicted molar refractivity (Wildman–Crippen MR) is 69.3 cm³/mol. The maximum atomic E-state index is 11.5. The third kappa shape index (κ3) is 5.71. The first-order chi connectivity index (χ1) is 8.26. The molecule has 0 aliphatic heterocycles. The highest BCUT2D eigenvalue weighted by atomic mass is 35.5. The minimum atomic E-state index is -0.117. The van der Waals surface area contributed by atoms with E-state index in [-0.39, 0.29) is 18.6 Å². The van der Waals surface area contributed by atoms with Crippen LogP contribution in [0.25, 0.3) is 0 Å². The molecule has 1 unspecified atom stereocenters. The van der Waals surface area contributed by atoms with Crippen LogP contribution in [0, 0.1) is 0 Å². The lowest BCUT2D eigenvalue weighted by molar-refractivity contribution is -0.126. The molecular formula is C13H18ClNO2. The van der Waals surface area contributed by atoms with E-state index < -0.39 is 0 Å². The third-order valence-electron chi connectivity index (χ3n) is 2.31. The van der Waals surface area contributed by atoms with Crippen LogP contribution in [-0.4, -0.2) is 31.0 Å². The summed E-state index contributed by atoms with van der Waals surface area (Å²) >= 11 is 5.84. The molecule has 1 rings (SSSR count). The molecule has 0 aliphatic carbocycles. The van der Waals surface area contributed by atoms with Crippen LogP contribution in [0.3, 0.4) is 0 Å².